The van der Waals surface area contributed by atoms with Gasteiger partial charge in [-0.3, -0.25) is 4.79 Å². The van der Waals surface area contributed by atoms with Crippen molar-refractivity contribution in [3.63, 3.8) is 0 Å². The Kier molecular flexibility index (Phi) is 5.70. The number of carbonyl (C=O) groups is 1. The van der Waals surface area contributed by atoms with Crippen molar-refractivity contribution in [3.05, 3.63) is 76.3 Å². The SMILES string of the molecule is COc1ccc(Cl)cc1C(=O)Nc1cc(-c2nc3cc(C(C)C)ccc3o2)ccc1C. The summed E-state index contributed by atoms with van der Waals surface area (Å²) in [5, 5.41) is 3.41. The standard InChI is InChI=1S/C25H23ClN2O3/c1-14(2)16-7-9-23-21(11-16)28-25(31-23)17-6-5-15(3)20(12-17)27-24(29)19-13-18(26)8-10-22(19)30-4/h5-14H,1-4H3,(H,27,29). The number of rotatable bonds is 5. The molecule has 0 unspecified atom stereocenters. The summed E-state index contributed by atoms with van der Waals surface area (Å²) in [6.07, 6.45) is 0. The summed E-state index contributed by atoms with van der Waals surface area (Å²) in [7, 11) is 1.52. The maximum Gasteiger partial charge on any atom is 0.259 e. The highest BCUT2D eigenvalue weighted by Gasteiger charge is 2.16. The number of carbonyl (C=O) groups excluding carboxylic acids is 1. The van der Waals surface area contributed by atoms with E-state index in [4.69, 9.17) is 20.8 Å². The van der Waals surface area contributed by atoms with Crippen molar-refractivity contribution < 1.29 is 13.9 Å². The van der Waals surface area contributed by atoms with Gasteiger partial charge in [-0.2, -0.15) is 0 Å². The smallest absolute Gasteiger partial charge is 0.259 e. The molecule has 4 aromatic rings. The normalized spacial score (nSPS) is 11.2. The van der Waals surface area contributed by atoms with Gasteiger partial charge >= 0.3 is 0 Å². The van der Waals surface area contributed by atoms with Gasteiger partial charge in [0.05, 0.1) is 12.7 Å². The van der Waals surface area contributed by atoms with Gasteiger partial charge < -0.3 is 14.5 Å². The molecule has 1 amide bonds. The summed E-state index contributed by atoms with van der Waals surface area (Å²) in [4.78, 5) is 17.6. The average Bonchev–Trinajstić information content (AvgIpc) is 3.18. The molecule has 4 rings (SSSR count). The molecule has 0 fully saturated rings. The molecule has 0 radical (unpaired) electrons. The van der Waals surface area contributed by atoms with Gasteiger partial charge in [-0.25, -0.2) is 4.98 Å². The maximum absolute atomic E-state index is 12.9. The molecule has 0 atom stereocenters. The largest absolute Gasteiger partial charge is 0.496 e. The summed E-state index contributed by atoms with van der Waals surface area (Å²) in [6, 6.07) is 16.7. The number of fused-ring (bicyclic) bond motifs is 1. The molecule has 158 valence electrons. The van der Waals surface area contributed by atoms with E-state index in [-0.39, 0.29) is 5.91 Å². The fourth-order valence-corrected chi connectivity index (χ4v) is 3.54. The predicted octanol–water partition coefficient (Wildman–Crippen LogP) is 6.84. The fourth-order valence-electron chi connectivity index (χ4n) is 3.36. The molecule has 0 saturated carbocycles. The number of halogens is 1. The second-order valence-electron chi connectivity index (χ2n) is 7.73. The zero-order chi connectivity index (χ0) is 22.1. The first-order valence-electron chi connectivity index (χ1n) is 10.0. The van der Waals surface area contributed by atoms with Crippen LogP contribution in [-0.2, 0) is 0 Å². The Labute approximate surface area is 186 Å². The van der Waals surface area contributed by atoms with Crippen LogP contribution in [0.25, 0.3) is 22.6 Å². The number of oxazole rings is 1. The van der Waals surface area contributed by atoms with Gasteiger partial charge in [0.1, 0.15) is 11.3 Å². The van der Waals surface area contributed by atoms with Crippen LogP contribution in [0.3, 0.4) is 0 Å². The van der Waals surface area contributed by atoms with E-state index < -0.39 is 0 Å². The third-order valence-corrected chi connectivity index (χ3v) is 5.45. The van der Waals surface area contributed by atoms with Gasteiger partial charge in [0.25, 0.3) is 5.91 Å². The molecule has 0 aliphatic heterocycles. The van der Waals surface area contributed by atoms with Crippen LogP contribution < -0.4 is 10.1 Å². The average molecular weight is 435 g/mol. The number of benzene rings is 3. The van der Waals surface area contributed by atoms with Gasteiger partial charge in [-0.15, -0.1) is 0 Å². The molecule has 31 heavy (non-hydrogen) atoms. The summed E-state index contributed by atoms with van der Waals surface area (Å²) in [5.41, 5.74) is 5.47. The van der Waals surface area contributed by atoms with Crippen LogP contribution in [0.5, 0.6) is 5.75 Å². The van der Waals surface area contributed by atoms with Gasteiger partial charge in [-0.05, 0) is 66.4 Å². The first-order valence-corrected chi connectivity index (χ1v) is 10.4. The minimum Gasteiger partial charge on any atom is -0.496 e. The topological polar surface area (TPSA) is 64.4 Å². The van der Waals surface area contributed by atoms with Gasteiger partial charge in [0.15, 0.2) is 5.58 Å². The highest BCUT2D eigenvalue weighted by molar-refractivity contribution is 6.31. The minimum absolute atomic E-state index is 0.307. The number of anilines is 1. The number of ether oxygens (including phenoxy) is 1. The molecule has 1 aromatic heterocycles. The molecule has 0 spiro atoms. The second-order valence-corrected chi connectivity index (χ2v) is 8.17. The van der Waals surface area contributed by atoms with Crippen LogP contribution in [0, 0.1) is 6.92 Å². The van der Waals surface area contributed by atoms with E-state index in [2.05, 4.69) is 36.3 Å². The van der Waals surface area contributed by atoms with Crippen molar-refractivity contribution in [3.8, 4) is 17.2 Å². The molecule has 1 heterocycles. The van der Waals surface area contributed by atoms with E-state index in [0.29, 0.717) is 33.8 Å². The third kappa shape index (κ3) is 4.28. The number of nitrogens with zero attached hydrogens (tertiary/aromatic N) is 1. The molecular weight excluding hydrogens is 412 g/mol. The molecular formula is C25H23ClN2O3. The Morgan fingerprint density at radius 1 is 1.10 bits per heavy atom. The van der Waals surface area contributed by atoms with E-state index in [9.17, 15) is 4.79 Å². The zero-order valence-corrected chi connectivity index (χ0v) is 18.6. The lowest BCUT2D eigenvalue weighted by Crippen LogP contribution is -2.14. The number of hydrogen-bond acceptors (Lipinski definition) is 4. The highest BCUT2D eigenvalue weighted by Crippen LogP contribution is 2.30. The van der Waals surface area contributed by atoms with Crippen molar-refractivity contribution in [1.82, 2.24) is 4.98 Å². The Balaban J connectivity index is 1.67. The Morgan fingerprint density at radius 2 is 1.90 bits per heavy atom. The number of nitrogens with one attached hydrogen (secondary N) is 1. The van der Waals surface area contributed by atoms with Crippen LogP contribution in [-0.4, -0.2) is 18.0 Å². The lowest BCUT2D eigenvalue weighted by atomic mass is 10.0. The highest BCUT2D eigenvalue weighted by atomic mass is 35.5. The fraction of sp³-hybridized carbons (Fsp3) is 0.200. The quantitative estimate of drug-likeness (QED) is 0.373. The maximum atomic E-state index is 12.9. The first-order chi connectivity index (χ1) is 14.9. The lowest BCUT2D eigenvalue weighted by Gasteiger charge is -2.12. The summed E-state index contributed by atoms with van der Waals surface area (Å²) in [5.74, 6) is 1.07. The lowest BCUT2D eigenvalue weighted by molar-refractivity contribution is 0.102. The van der Waals surface area contributed by atoms with Crippen LogP contribution in [0.1, 0.15) is 41.3 Å². The van der Waals surface area contributed by atoms with Gasteiger partial charge in [0, 0.05) is 16.3 Å². The molecule has 6 heteroatoms. The molecule has 0 aliphatic carbocycles. The van der Waals surface area contributed by atoms with Gasteiger partial charge in [0.2, 0.25) is 5.89 Å². The number of methoxy groups -OCH3 is 1. The van der Waals surface area contributed by atoms with Crippen molar-refractivity contribution in [1.29, 1.82) is 0 Å². The Hall–Kier alpha value is -3.31. The Morgan fingerprint density at radius 3 is 2.65 bits per heavy atom. The summed E-state index contributed by atoms with van der Waals surface area (Å²) < 4.78 is 11.3. The molecule has 0 aliphatic rings. The van der Waals surface area contributed by atoms with Crippen molar-refractivity contribution in [2.75, 3.05) is 12.4 Å². The molecule has 3 aromatic carbocycles. The zero-order valence-electron chi connectivity index (χ0n) is 17.8. The van der Waals surface area contributed by atoms with E-state index in [1.54, 1.807) is 18.2 Å². The monoisotopic (exact) mass is 434 g/mol. The second kappa shape index (κ2) is 8.44. The van der Waals surface area contributed by atoms with E-state index in [1.807, 2.05) is 31.2 Å². The van der Waals surface area contributed by atoms with Crippen molar-refractivity contribution in [2.24, 2.45) is 0 Å². The number of amides is 1. The van der Waals surface area contributed by atoms with E-state index in [0.717, 1.165) is 22.2 Å². The molecule has 1 N–H and O–H groups in total. The number of hydrogen-bond donors (Lipinski definition) is 1. The molecule has 0 bridgehead atoms. The van der Waals surface area contributed by atoms with Crippen LogP contribution in [0.15, 0.2) is 59.0 Å². The van der Waals surface area contributed by atoms with E-state index >= 15 is 0 Å². The minimum atomic E-state index is -0.307. The number of aryl methyl sites for hydroxylation is 1. The third-order valence-electron chi connectivity index (χ3n) is 5.22. The van der Waals surface area contributed by atoms with Crippen LogP contribution in [0.4, 0.5) is 5.69 Å². The van der Waals surface area contributed by atoms with Crippen molar-refractivity contribution in [2.45, 2.75) is 26.7 Å². The number of aromatic nitrogens is 1. The molecule has 5 nitrogen and oxygen atoms in total. The summed E-state index contributed by atoms with van der Waals surface area (Å²) in [6.45, 7) is 6.22. The van der Waals surface area contributed by atoms with Gasteiger partial charge in [-0.1, -0.05) is 37.6 Å². The molecule has 0 saturated heterocycles. The van der Waals surface area contributed by atoms with E-state index in [1.165, 1.54) is 12.7 Å². The van der Waals surface area contributed by atoms with Crippen LogP contribution in [0.2, 0.25) is 5.02 Å². The summed E-state index contributed by atoms with van der Waals surface area (Å²) >= 11 is 6.07. The Bertz CT molecular complexity index is 1280. The first kappa shape index (κ1) is 20.9. The van der Waals surface area contributed by atoms with Crippen LogP contribution >= 0.6 is 11.6 Å². The van der Waals surface area contributed by atoms with Crippen molar-refractivity contribution >= 4 is 34.3 Å². The predicted molar refractivity (Wildman–Crippen MR) is 124 cm³/mol.